The summed E-state index contributed by atoms with van der Waals surface area (Å²) in [5, 5.41) is 11.2. The maximum Gasteiger partial charge on any atom is 0.490 e. The number of aromatic nitrogens is 3. The van der Waals surface area contributed by atoms with Gasteiger partial charge in [-0.15, -0.1) is 0 Å². The Bertz CT molecular complexity index is 1520. The summed E-state index contributed by atoms with van der Waals surface area (Å²) in [6.07, 6.45) is -3.19. The van der Waals surface area contributed by atoms with Crippen molar-refractivity contribution in [2.24, 2.45) is 0 Å². The summed E-state index contributed by atoms with van der Waals surface area (Å²) in [6, 6.07) is 15.6. The molecule has 0 spiro atoms. The molecule has 0 aliphatic heterocycles. The maximum absolute atomic E-state index is 13.6. The van der Waals surface area contributed by atoms with E-state index in [2.05, 4.69) is 5.32 Å². The number of nitrogens with zero attached hydrogens (tertiary/aromatic N) is 4. The summed E-state index contributed by atoms with van der Waals surface area (Å²) in [6.45, 7) is 6.75. The molecule has 2 heterocycles. The van der Waals surface area contributed by atoms with E-state index < -0.39 is 12.1 Å². The Morgan fingerprint density at radius 3 is 2.21 bits per heavy atom. The fourth-order valence-electron chi connectivity index (χ4n) is 4.20. The summed E-state index contributed by atoms with van der Waals surface area (Å²) in [5.41, 5.74) is 3.54. The van der Waals surface area contributed by atoms with Crippen LogP contribution in [0.4, 0.5) is 13.2 Å². The van der Waals surface area contributed by atoms with Crippen LogP contribution in [0, 0.1) is 0 Å². The van der Waals surface area contributed by atoms with E-state index in [0.29, 0.717) is 31.9 Å². The number of amides is 1. The second-order valence-electron chi connectivity index (χ2n) is 8.57. The summed E-state index contributed by atoms with van der Waals surface area (Å²) in [4.78, 5) is 41.8. The van der Waals surface area contributed by atoms with Crippen LogP contribution >= 0.6 is 0 Å². The Hall–Kier alpha value is -4.19. The van der Waals surface area contributed by atoms with E-state index in [-0.39, 0.29) is 18.0 Å². The number of alkyl halides is 3. The molecule has 1 amide bonds. The van der Waals surface area contributed by atoms with Gasteiger partial charge >= 0.3 is 12.1 Å². The Kier molecular flexibility index (Phi) is 9.47. The molecular weight excluding hydrogens is 515 g/mol. The summed E-state index contributed by atoms with van der Waals surface area (Å²) in [7, 11) is 1.87. The molecule has 0 aliphatic carbocycles. The number of carbonyl (C=O) groups excluding carboxylic acids is 1. The molecule has 4 aromatic rings. The molecule has 0 saturated carbocycles. The minimum atomic E-state index is -5.08. The van der Waals surface area contributed by atoms with Gasteiger partial charge in [0.15, 0.2) is 0 Å². The lowest BCUT2D eigenvalue weighted by atomic mass is 10.1. The molecular formula is C27H30F3N5O4. The van der Waals surface area contributed by atoms with Crippen molar-refractivity contribution in [3.8, 4) is 11.3 Å². The van der Waals surface area contributed by atoms with Crippen LogP contribution < -0.4 is 10.9 Å². The second kappa shape index (κ2) is 12.6. The molecule has 2 N–H and O–H groups in total. The van der Waals surface area contributed by atoms with Crippen molar-refractivity contribution in [2.75, 3.05) is 26.7 Å². The van der Waals surface area contributed by atoms with Gasteiger partial charge in [0.2, 0.25) is 5.91 Å². The van der Waals surface area contributed by atoms with Gasteiger partial charge in [-0.1, -0.05) is 30.3 Å². The molecule has 39 heavy (non-hydrogen) atoms. The minimum Gasteiger partial charge on any atom is -0.475 e. The van der Waals surface area contributed by atoms with Gasteiger partial charge < -0.3 is 24.5 Å². The number of hydrogen-bond donors (Lipinski definition) is 2. The molecule has 9 nitrogen and oxygen atoms in total. The van der Waals surface area contributed by atoms with E-state index in [4.69, 9.17) is 14.9 Å². The number of aliphatic carboxylic acids is 1. The van der Waals surface area contributed by atoms with E-state index >= 15 is 0 Å². The average Bonchev–Trinajstić information content (AvgIpc) is 3.26. The van der Waals surface area contributed by atoms with Crippen molar-refractivity contribution in [1.82, 2.24) is 24.3 Å². The van der Waals surface area contributed by atoms with E-state index in [9.17, 15) is 22.8 Å². The number of benzene rings is 2. The lowest BCUT2D eigenvalue weighted by molar-refractivity contribution is -0.192. The number of nitrogens with one attached hydrogen (secondary N) is 1. The van der Waals surface area contributed by atoms with Crippen LogP contribution in [0.3, 0.4) is 0 Å². The molecule has 0 atom stereocenters. The molecule has 2 aromatic heterocycles. The number of rotatable bonds is 8. The molecule has 208 valence electrons. The quantitative estimate of drug-likeness (QED) is 0.349. The van der Waals surface area contributed by atoms with Gasteiger partial charge in [0, 0.05) is 48.8 Å². The third-order valence-corrected chi connectivity index (χ3v) is 6.15. The number of carboxylic acids is 1. The molecule has 0 unspecified atom stereocenters. The highest BCUT2D eigenvalue weighted by atomic mass is 19.4. The lowest BCUT2D eigenvalue weighted by Crippen LogP contribution is -2.33. The molecule has 0 radical (unpaired) electrons. The summed E-state index contributed by atoms with van der Waals surface area (Å²) < 4.78 is 35.4. The Balaban J connectivity index is 0.000000532. The van der Waals surface area contributed by atoms with Crippen LogP contribution in [0.25, 0.3) is 33.2 Å². The Morgan fingerprint density at radius 1 is 1.03 bits per heavy atom. The van der Waals surface area contributed by atoms with Gasteiger partial charge in [0.05, 0.1) is 11.0 Å². The van der Waals surface area contributed by atoms with E-state index in [1.165, 1.54) is 0 Å². The Morgan fingerprint density at radius 2 is 1.62 bits per heavy atom. The highest BCUT2D eigenvalue weighted by Crippen LogP contribution is 2.29. The smallest absolute Gasteiger partial charge is 0.475 e. The highest BCUT2D eigenvalue weighted by Gasteiger charge is 2.38. The fourth-order valence-corrected chi connectivity index (χ4v) is 4.20. The maximum atomic E-state index is 13.6. The van der Waals surface area contributed by atoms with Crippen LogP contribution in [0.5, 0.6) is 0 Å². The molecule has 4 rings (SSSR count). The van der Waals surface area contributed by atoms with Crippen LogP contribution in [0.15, 0.2) is 59.5 Å². The normalized spacial score (nSPS) is 11.3. The molecule has 0 saturated heterocycles. The molecule has 0 fully saturated rings. The summed E-state index contributed by atoms with van der Waals surface area (Å²) >= 11 is 0. The fraction of sp³-hybridized carbons (Fsp3) is 0.333. The third kappa shape index (κ3) is 6.63. The Labute approximate surface area is 222 Å². The number of likely N-dealkylation sites (N-methyl/N-ethyl adjacent to an activating group) is 2. The van der Waals surface area contributed by atoms with Gasteiger partial charge in [-0.25, -0.2) is 9.78 Å². The number of carboxylic acid groups (broad SMARTS) is 1. The van der Waals surface area contributed by atoms with Crippen molar-refractivity contribution in [2.45, 2.75) is 33.1 Å². The van der Waals surface area contributed by atoms with E-state index in [1.54, 1.807) is 4.57 Å². The van der Waals surface area contributed by atoms with Gasteiger partial charge in [0.25, 0.3) is 5.56 Å². The van der Waals surface area contributed by atoms with Gasteiger partial charge in [-0.2, -0.15) is 13.2 Å². The monoisotopic (exact) mass is 545 g/mol. The zero-order valence-corrected chi connectivity index (χ0v) is 21.8. The molecule has 0 aliphatic rings. The van der Waals surface area contributed by atoms with Crippen LogP contribution in [-0.2, 0) is 22.7 Å². The predicted octanol–water partition coefficient (Wildman–Crippen LogP) is 3.74. The predicted molar refractivity (Wildman–Crippen MR) is 142 cm³/mol. The van der Waals surface area contributed by atoms with Crippen LogP contribution in [-0.4, -0.2) is 68.9 Å². The molecule has 0 bridgehead atoms. The standard InChI is InChI=1S/C25H29N5O2.C2HF3O2/c1-4-28(5-2)23(31)17-29-16-19(18-10-6-8-12-21(18)29)24-25(32)30(15-14-26-3)22-13-9-7-11-20(22)27-24;3-2(4,5)1(6)7/h6-13,16,26H,4-5,14-15,17H2,1-3H3;(H,6,7). The largest absolute Gasteiger partial charge is 0.490 e. The number of fused-ring (bicyclic) bond motifs is 2. The highest BCUT2D eigenvalue weighted by molar-refractivity contribution is 5.96. The third-order valence-electron chi connectivity index (χ3n) is 6.15. The second-order valence-corrected chi connectivity index (χ2v) is 8.57. The number of hydrogen-bond acceptors (Lipinski definition) is 5. The average molecular weight is 546 g/mol. The minimum absolute atomic E-state index is 0.0557. The zero-order chi connectivity index (χ0) is 28.7. The van der Waals surface area contributed by atoms with Gasteiger partial charge in [0.1, 0.15) is 12.2 Å². The summed E-state index contributed by atoms with van der Waals surface area (Å²) in [5.74, 6) is -2.70. The van der Waals surface area contributed by atoms with Gasteiger partial charge in [-0.3, -0.25) is 9.59 Å². The van der Waals surface area contributed by atoms with Crippen molar-refractivity contribution in [1.29, 1.82) is 0 Å². The van der Waals surface area contributed by atoms with Crippen molar-refractivity contribution in [3.63, 3.8) is 0 Å². The molecule has 12 heteroatoms. The zero-order valence-electron chi connectivity index (χ0n) is 21.8. The first-order valence-electron chi connectivity index (χ1n) is 12.3. The first-order valence-corrected chi connectivity index (χ1v) is 12.3. The van der Waals surface area contributed by atoms with Gasteiger partial charge in [-0.05, 0) is 39.1 Å². The first kappa shape index (κ1) is 29.4. The topological polar surface area (TPSA) is 109 Å². The van der Waals surface area contributed by atoms with Crippen molar-refractivity contribution in [3.05, 3.63) is 65.1 Å². The van der Waals surface area contributed by atoms with E-state index in [1.807, 2.05) is 85.1 Å². The van der Waals surface area contributed by atoms with E-state index in [0.717, 1.165) is 27.5 Å². The number of halogens is 3. The first-order chi connectivity index (χ1) is 18.5. The number of carbonyl (C=O) groups is 2. The van der Waals surface area contributed by atoms with Crippen molar-refractivity contribution >= 4 is 33.8 Å². The van der Waals surface area contributed by atoms with Crippen molar-refractivity contribution < 1.29 is 27.9 Å². The SMILES string of the molecule is CCN(CC)C(=O)Cn1cc(-c2nc3ccccc3n(CCNC)c2=O)c2ccccc21.O=C(O)C(F)(F)F. The van der Waals surface area contributed by atoms with Crippen LogP contribution in [0.1, 0.15) is 13.8 Å². The molecule has 2 aromatic carbocycles. The van der Waals surface area contributed by atoms with Crippen LogP contribution in [0.2, 0.25) is 0 Å². The lowest BCUT2D eigenvalue weighted by Gasteiger charge is -2.19. The number of para-hydroxylation sites is 3.